The van der Waals surface area contributed by atoms with E-state index in [-0.39, 0.29) is 59.2 Å². The van der Waals surface area contributed by atoms with E-state index in [1.165, 1.54) is 29.0 Å². The molecule has 1 saturated heterocycles. The van der Waals surface area contributed by atoms with Crippen molar-refractivity contribution in [3.63, 3.8) is 0 Å². The van der Waals surface area contributed by atoms with Crippen LogP contribution in [0.1, 0.15) is 151 Å². The van der Waals surface area contributed by atoms with Gasteiger partial charge in [-0.25, -0.2) is 4.98 Å². The number of ketones is 2. The highest BCUT2D eigenvalue weighted by Gasteiger charge is 2.31. The Morgan fingerprint density at radius 3 is 1.55 bits per heavy atom. The van der Waals surface area contributed by atoms with Gasteiger partial charge in [-0.1, -0.05) is 27.7 Å². The minimum atomic E-state index is -0.682. The second kappa shape index (κ2) is 24.1. The molecule has 1 fully saturated rings. The highest BCUT2D eigenvalue weighted by atomic mass is 16.2. The molecule has 6 rings (SSSR count). The average Bonchev–Trinajstić information content (AvgIpc) is 3.61. The standard InChI is InChI=1S/C28H34N4O3.C27H38N4O3/c1-17(2)9-25(32-8-7-18(3)10-26(32)34)28(35)31-24(11-21(6)33)22-12-23(16-30-15-22)27-19(4)13-29-14-20(27)5;1-17(2)13-24(30-12-10-18(3)14-26(30)33)27(34)29-23(15-21(6)32)22-9-11-28-25(16-22)31-19(4)7-8-20(31)5/h7-8,10,12-17,24-25H,9,11H2,1-6H3,(H,31,35);9-12,14,16-17,19-20,23-24H,7-8,13,15H2,1-6H3,(H,29,34)/t24-,25-;19-,20+,23-,24-/m00/s1. The van der Waals surface area contributed by atoms with Crippen LogP contribution in [0.3, 0.4) is 0 Å². The molecule has 69 heavy (non-hydrogen) atoms. The van der Waals surface area contributed by atoms with Gasteiger partial charge in [-0.05, 0) is 162 Å². The molecule has 14 nitrogen and oxygen atoms in total. The third-order valence-corrected chi connectivity index (χ3v) is 12.7. The highest BCUT2D eigenvalue weighted by molar-refractivity contribution is 5.84. The Bertz CT molecular complexity index is 2690. The molecule has 0 aliphatic carbocycles. The van der Waals surface area contributed by atoms with Gasteiger partial charge in [0.2, 0.25) is 11.8 Å². The molecule has 2 N–H and O–H groups in total. The van der Waals surface area contributed by atoms with E-state index in [4.69, 9.17) is 0 Å². The number of nitrogens with one attached hydrogen (secondary N) is 2. The molecule has 0 spiro atoms. The molecular formula is C55H72N8O6. The van der Waals surface area contributed by atoms with Crippen molar-refractivity contribution < 1.29 is 19.2 Å². The van der Waals surface area contributed by atoms with Crippen LogP contribution in [0.15, 0.2) is 95.4 Å². The summed E-state index contributed by atoms with van der Waals surface area (Å²) in [6.07, 6.45) is 15.7. The molecule has 0 unspecified atom stereocenters. The molecule has 6 heterocycles. The van der Waals surface area contributed by atoms with Gasteiger partial charge in [-0.2, -0.15) is 0 Å². The molecule has 0 saturated carbocycles. The summed E-state index contributed by atoms with van der Waals surface area (Å²) in [6.45, 7) is 23.2. The predicted octanol–water partition coefficient (Wildman–Crippen LogP) is 9.01. The number of anilines is 1. The molecule has 0 radical (unpaired) electrons. The zero-order valence-corrected chi connectivity index (χ0v) is 42.6. The minimum absolute atomic E-state index is 0.0144. The summed E-state index contributed by atoms with van der Waals surface area (Å²) in [4.78, 5) is 92.2. The Balaban J connectivity index is 0.000000258. The zero-order valence-electron chi connectivity index (χ0n) is 42.6. The van der Waals surface area contributed by atoms with E-state index >= 15 is 0 Å². The van der Waals surface area contributed by atoms with Gasteiger partial charge in [0.15, 0.2) is 0 Å². The van der Waals surface area contributed by atoms with Crippen LogP contribution in [0, 0.1) is 39.5 Å². The topological polar surface area (TPSA) is 178 Å². The van der Waals surface area contributed by atoms with Crippen molar-refractivity contribution in [2.75, 3.05) is 4.90 Å². The van der Waals surface area contributed by atoms with Crippen LogP contribution in [0.5, 0.6) is 0 Å². The number of rotatable bonds is 18. The molecule has 0 aromatic carbocycles. The number of pyridine rings is 5. The summed E-state index contributed by atoms with van der Waals surface area (Å²) in [6, 6.07) is 10.9. The van der Waals surface area contributed by atoms with E-state index in [0.29, 0.717) is 24.9 Å². The van der Waals surface area contributed by atoms with Gasteiger partial charge >= 0.3 is 0 Å². The van der Waals surface area contributed by atoms with Gasteiger partial charge in [0, 0.05) is 86.0 Å². The van der Waals surface area contributed by atoms with Crippen LogP contribution in [0.4, 0.5) is 5.82 Å². The molecule has 5 aromatic heterocycles. The van der Waals surface area contributed by atoms with E-state index in [0.717, 1.165) is 63.2 Å². The number of hydrogen-bond donors (Lipinski definition) is 2. The maximum Gasteiger partial charge on any atom is 0.251 e. The fourth-order valence-corrected chi connectivity index (χ4v) is 9.27. The highest BCUT2D eigenvalue weighted by Crippen LogP contribution is 2.32. The van der Waals surface area contributed by atoms with Crippen molar-refractivity contribution in [2.24, 2.45) is 11.8 Å². The number of aryl methyl sites for hydroxylation is 4. The van der Waals surface area contributed by atoms with E-state index in [1.54, 1.807) is 49.4 Å². The molecule has 5 aromatic rings. The van der Waals surface area contributed by atoms with Gasteiger partial charge in [-0.3, -0.25) is 38.7 Å². The van der Waals surface area contributed by atoms with Gasteiger partial charge in [0.25, 0.3) is 11.1 Å². The molecule has 2 amide bonds. The Morgan fingerprint density at radius 1 is 0.638 bits per heavy atom. The average molecular weight is 941 g/mol. The first-order valence-electron chi connectivity index (χ1n) is 24.2. The van der Waals surface area contributed by atoms with Crippen molar-refractivity contribution in [1.29, 1.82) is 0 Å². The van der Waals surface area contributed by atoms with Gasteiger partial charge < -0.3 is 24.7 Å². The Kier molecular flexibility index (Phi) is 18.7. The zero-order chi connectivity index (χ0) is 50.7. The van der Waals surface area contributed by atoms with Crippen molar-refractivity contribution in [3.05, 3.63) is 140 Å². The Hall–Kier alpha value is -6.57. The maximum atomic E-state index is 13.5. The number of aromatic nitrogens is 5. The quantitative estimate of drug-likeness (QED) is 0.0862. The fraction of sp³-hybridized carbons (Fsp3) is 0.473. The van der Waals surface area contributed by atoms with E-state index in [1.807, 2.05) is 85.7 Å². The summed E-state index contributed by atoms with van der Waals surface area (Å²) >= 11 is 0. The lowest BCUT2D eigenvalue weighted by molar-refractivity contribution is -0.127. The first-order chi connectivity index (χ1) is 32.6. The molecule has 14 heteroatoms. The number of amides is 2. The van der Waals surface area contributed by atoms with E-state index in [9.17, 15) is 28.8 Å². The van der Waals surface area contributed by atoms with E-state index in [2.05, 4.69) is 44.3 Å². The van der Waals surface area contributed by atoms with Gasteiger partial charge in [0.1, 0.15) is 29.5 Å². The van der Waals surface area contributed by atoms with Crippen LogP contribution in [-0.2, 0) is 19.2 Å². The van der Waals surface area contributed by atoms with Crippen molar-refractivity contribution in [3.8, 4) is 11.1 Å². The first-order valence-corrected chi connectivity index (χ1v) is 24.2. The van der Waals surface area contributed by atoms with Crippen molar-refractivity contribution >= 4 is 29.2 Å². The largest absolute Gasteiger partial charge is 0.351 e. The number of carbonyl (C=O) groups is 4. The molecule has 6 atom stereocenters. The lowest BCUT2D eigenvalue weighted by Crippen LogP contribution is -2.40. The van der Waals surface area contributed by atoms with E-state index < -0.39 is 24.2 Å². The van der Waals surface area contributed by atoms with Crippen LogP contribution >= 0.6 is 0 Å². The minimum Gasteiger partial charge on any atom is -0.351 e. The van der Waals surface area contributed by atoms with Crippen LogP contribution in [-0.4, -0.2) is 59.6 Å². The molecule has 368 valence electrons. The maximum absolute atomic E-state index is 13.5. The van der Waals surface area contributed by atoms with Crippen LogP contribution in [0.25, 0.3) is 11.1 Å². The molecule has 1 aliphatic rings. The smallest absolute Gasteiger partial charge is 0.251 e. The molecule has 0 bridgehead atoms. The van der Waals surface area contributed by atoms with Gasteiger partial charge in [0.05, 0.1) is 12.1 Å². The normalized spacial score (nSPS) is 16.3. The lowest BCUT2D eigenvalue weighted by Gasteiger charge is -2.29. The third kappa shape index (κ3) is 14.5. The summed E-state index contributed by atoms with van der Waals surface area (Å²) in [5, 5.41) is 6.13. The van der Waals surface area contributed by atoms with Crippen molar-refractivity contribution in [1.82, 2.24) is 34.7 Å². The van der Waals surface area contributed by atoms with Gasteiger partial charge in [-0.15, -0.1) is 0 Å². The van der Waals surface area contributed by atoms with Crippen LogP contribution in [0.2, 0.25) is 0 Å². The second-order valence-corrected chi connectivity index (χ2v) is 19.9. The number of carbonyl (C=O) groups excluding carboxylic acids is 4. The van der Waals surface area contributed by atoms with Crippen LogP contribution < -0.4 is 26.7 Å². The monoisotopic (exact) mass is 941 g/mol. The summed E-state index contributed by atoms with van der Waals surface area (Å²) in [7, 11) is 0. The number of Topliss-reactive ketones (excluding diaryl/α,β-unsaturated/α-hetero) is 2. The third-order valence-electron chi connectivity index (χ3n) is 12.7. The first kappa shape index (κ1) is 53.4. The Labute approximate surface area is 407 Å². The fourth-order valence-electron chi connectivity index (χ4n) is 9.27. The Morgan fingerprint density at radius 2 is 1.10 bits per heavy atom. The summed E-state index contributed by atoms with van der Waals surface area (Å²) in [5.74, 6) is 0.647. The lowest BCUT2D eigenvalue weighted by atomic mass is 9.95. The summed E-state index contributed by atoms with van der Waals surface area (Å²) < 4.78 is 2.98. The van der Waals surface area contributed by atoms with Crippen molar-refractivity contribution in [2.45, 2.75) is 158 Å². The SMILES string of the molecule is CC(=O)C[C@H](NC(=O)[C@H](CC(C)C)n1ccc(C)cc1=O)c1ccnc(N2[C@H](C)CC[C@@H]2C)c1.CC(=O)C[C@H](NC(=O)[C@H](CC(C)C)n1ccc(C)cc1=O)c1cncc(-c2c(C)cncc2C)c1. The number of nitrogens with zero attached hydrogens (tertiary/aromatic N) is 6. The number of hydrogen-bond acceptors (Lipinski definition) is 10. The molecular weight excluding hydrogens is 869 g/mol. The molecule has 1 aliphatic heterocycles. The summed E-state index contributed by atoms with van der Waals surface area (Å²) in [5.41, 5.74) is 6.83. The predicted molar refractivity (Wildman–Crippen MR) is 272 cm³/mol. The second-order valence-electron chi connectivity index (χ2n) is 19.9.